The van der Waals surface area contributed by atoms with Crippen LogP contribution in [-0.2, 0) is 14.8 Å². The Morgan fingerprint density at radius 2 is 1.72 bits per heavy atom. The number of aliphatic hydroxyl groups is 1. The molecule has 2 atom stereocenters. The van der Waals surface area contributed by atoms with E-state index in [-0.39, 0.29) is 28.7 Å². The first-order chi connectivity index (χ1) is 13.5. The summed E-state index contributed by atoms with van der Waals surface area (Å²) in [6.07, 6.45) is 4.39. The third-order valence-corrected chi connectivity index (χ3v) is 8.54. The van der Waals surface area contributed by atoms with Crippen molar-refractivity contribution in [2.75, 3.05) is 7.11 Å². The molecule has 0 radical (unpaired) electrons. The number of hydrogen-bond acceptors (Lipinski definition) is 5. The van der Waals surface area contributed by atoms with Crippen LogP contribution in [0.1, 0.15) is 46.0 Å². The maximum atomic E-state index is 13.0. The quantitative estimate of drug-likeness (QED) is 0.649. The van der Waals surface area contributed by atoms with Gasteiger partial charge in [0.2, 0.25) is 15.9 Å². The highest BCUT2D eigenvalue weighted by atomic mass is 32.2. The summed E-state index contributed by atoms with van der Waals surface area (Å²) in [7, 11) is -2.35. The molecule has 1 amide bonds. The molecule has 0 spiro atoms. The van der Waals surface area contributed by atoms with Crippen LogP contribution in [0.3, 0.4) is 0 Å². The molecule has 4 bridgehead atoms. The minimum atomic E-state index is -3.87. The Morgan fingerprint density at radius 3 is 2.24 bits per heavy atom. The molecule has 0 aromatic heterocycles. The smallest absolute Gasteiger partial charge is 0.241 e. The maximum Gasteiger partial charge on any atom is 0.241 e. The molecule has 5 rings (SSSR count). The highest BCUT2D eigenvalue weighted by Crippen LogP contribution is 2.55. The van der Waals surface area contributed by atoms with E-state index in [0.717, 1.165) is 32.1 Å². The summed E-state index contributed by atoms with van der Waals surface area (Å²) in [5.41, 5.74) is -1.87. The van der Waals surface area contributed by atoms with E-state index in [4.69, 9.17) is 4.74 Å². The van der Waals surface area contributed by atoms with Gasteiger partial charge in [-0.05, 0) is 88.0 Å². The van der Waals surface area contributed by atoms with E-state index in [1.54, 1.807) is 26.0 Å². The van der Waals surface area contributed by atoms with Gasteiger partial charge in [0.05, 0.1) is 17.6 Å². The average molecular weight is 423 g/mol. The SMILES string of the molecule is COc1ccc(S(=O)(=O)NC(C)(C)C(=O)NC2C3CC4CC2CC(O)(C4)C3)cc1. The number of amides is 1. The van der Waals surface area contributed by atoms with Gasteiger partial charge in [0, 0.05) is 6.04 Å². The van der Waals surface area contributed by atoms with Crippen molar-refractivity contribution in [3.05, 3.63) is 24.3 Å². The summed E-state index contributed by atoms with van der Waals surface area (Å²) in [6.45, 7) is 3.15. The normalized spacial score (nSPS) is 33.5. The Bertz CT molecular complexity index is 880. The second kappa shape index (κ2) is 6.96. The van der Waals surface area contributed by atoms with E-state index < -0.39 is 21.2 Å². The second-order valence-electron chi connectivity index (χ2n) is 9.60. The van der Waals surface area contributed by atoms with Gasteiger partial charge in [-0.2, -0.15) is 4.72 Å². The van der Waals surface area contributed by atoms with Crippen LogP contribution in [0.25, 0.3) is 0 Å². The molecule has 0 heterocycles. The fourth-order valence-corrected chi connectivity index (χ4v) is 7.12. The molecule has 1 aromatic rings. The lowest BCUT2D eigenvalue weighted by Gasteiger charge is -2.58. The first kappa shape index (κ1) is 20.6. The Labute approximate surface area is 172 Å². The van der Waals surface area contributed by atoms with Gasteiger partial charge in [-0.25, -0.2) is 8.42 Å². The van der Waals surface area contributed by atoms with E-state index in [0.29, 0.717) is 11.7 Å². The number of sulfonamides is 1. The summed E-state index contributed by atoms with van der Waals surface area (Å²) in [4.78, 5) is 13.1. The fraction of sp³-hybridized carbons (Fsp3) is 0.667. The number of benzene rings is 1. The molecular weight excluding hydrogens is 392 g/mol. The molecule has 4 aliphatic rings. The zero-order valence-electron chi connectivity index (χ0n) is 17.1. The first-order valence-electron chi connectivity index (χ1n) is 10.2. The van der Waals surface area contributed by atoms with Gasteiger partial charge in [0.25, 0.3) is 0 Å². The number of rotatable bonds is 6. The van der Waals surface area contributed by atoms with Crippen molar-refractivity contribution in [3.8, 4) is 5.75 Å². The molecule has 4 fully saturated rings. The summed E-state index contributed by atoms with van der Waals surface area (Å²) >= 11 is 0. The second-order valence-corrected chi connectivity index (χ2v) is 11.3. The molecule has 0 aliphatic heterocycles. The van der Waals surface area contributed by atoms with Gasteiger partial charge >= 0.3 is 0 Å². The number of hydrogen-bond donors (Lipinski definition) is 3. The summed E-state index contributed by atoms with van der Waals surface area (Å²) < 4.78 is 33.1. The van der Waals surface area contributed by atoms with Crippen molar-refractivity contribution >= 4 is 15.9 Å². The molecule has 8 heteroatoms. The molecule has 2 unspecified atom stereocenters. The predicted molar refractivity (Wildman–Crippen MR) is 108 cm³/mol. The van der Waals surface area contributed by atoms with Gasteiger partial charge in [-0.3, -0.25) is 4.79 Å². The summed E-state index contributed by atoms with van der Waals surface area (Å²) in [5.74, 6) is 1.31. The molecule has 4 saturated carbocycles. The molecule has 4 aliphatic carbocycles. The minimum Gasteiger partial charge on any atom is -0.497 e. The van der Waals surface area contributed by atoms with Crippen LogP contribution in [0.15, 0.2) is 29.2 Å². The fourth-order valence-electron chi connectivity index (χ4n) is 5.74. The molecule has 0 saturated heterocycles. The molecular formula is C21H30N2O5S. The van der Waals surface area contributed by atoms with Crippen molar-refractivity contribution in [1.29, 1.82) is 0 Å². The van der Waals surface area contributed by atoms with Crippen molar-refractivity contribution in [2.24, 2.45) is 17.8 Å². The van der Waals surface area contributed by atoms with E-state index in [9.17, 15) is 18.3 Å². The van der Waals surface area contributed by atoms with E-state index in [2.05, 4.69) is 10.0 Å². The number of methoxy groups -OCH3 is 1. The topological polar surface area (TPSA) is 105 Å². The lowest BCUT2D eigenvalue weighted by molar-refractivity contribution is -0.148. The maximum absolute atomic E-state index is 13.0. The van der Waals surface area contributed by atoms with Crippen molar-refractivity contribution < 1.29 is 23.1 Å². The number of nitrogens with one attached hydrogen (secondary N) is 2. The summed E-state index contributed by atoms with van der Waals surface area (Å²) in [6, 6.07) is 6.05. The minimum absolute atomic E-state index is 0.00379. The Kier molecular flexibility index (Phi) is 4.95. The molecule has 29 heavy (non-hydrogen) atoms. The van der Waals surface area contributed by atoms with Crippen molar-refractivity contribution in [3.63, 3.8) is 0 Å². The van der Waals surface area contributed by atoms with E-state index in [1.165, 1.54) is 19.2 Å². The Hall–Kier alpha value is -1.64. The van der Waals surface area contributed by atoms with Crippen LogP contribution in [-0.4, -0.2) is 43.7 Å². The zero-order chi connectivity index (χ0) is 21.0. The zero-order valence-corrected chi connectivity index (χ0v) is 18.0. The van der Waals surface area contributed by atoms with Crippen LogP contribution in [0.2, 0.25) is 0 Å². The number of carbonyl (C=O) groups excluding carboxylic acids is 1. The first-order valence-corrected chi connectivity index (χ1v) is 11.7. The van der Waals surface area contributed by atoms with Crippen molar-refractivity contribution in [2.45, 2.75) is 68.0 Å². The van der Waals surface area contributed by atoms with Crippen LogP contribution in [0.4, 0.5) is 0 Å². The number of carbonyl (C=O) groups is 1. The Balaban J connectivity index is 1.45. The van der Waals surface area contributed by atoms with Crippen molar-refractivity contribution in [1.82, 2.24) is 10.0 Å². The Morgan fingerprint density at radius 1 is 1.14 bits per heavy atom. The van der Waals surface area contributed by atoms with Crippen LogP contribution in [0, 0.1) is 17.8 Å². The molecule has 160 valence electrons. The van der Waals surface area contributed by atoms with E-state index >= 15 is 0 Å². The molecule has 1 aromatic carbocycles. The summed E-state index contributed by atoms with van der Waals surface area (Å²) in [5, 5.41) is 13.8. The predicted octanol–water partition coefficient (Wildman–Crippen LogP) is 1.81. The highest BCUT2D eigenvalue weighted by Gasteiger charge is 2.55. The monoisotopic (exact) mass is 422 g/mol. The lowest BCUT2D eigenvalue weighted by atomic mass is 9.52. The van der Waals surface area contributed by atoms with Gasteiger partial charge in [-0.15, -0.1) is 0 Å². The van der Waals surface area contributed by atoms with Gasteiger partial charge < -0.3 is 15.2 Å². The largest absolute Gasteiger partial charge is 0.497 e. The lowest BCUT2D eigenvalue weighted by Crippen LogP contribution is -2.65. The third kappa shape index (κ3) is 3.90. The molecule has 7 nitrogen and oxygen atoms in total. The van der Waals surface area contributed by atoms with E-state index in [1.807, 2.05) is 0 Å². The van der Waals surface area contributed by atoms with Crippen LogP contribution >= 0.6 is 0 Å². The van der Waals surface area contributed by atoms with Crippen LogP contribution in [0.5, 0.6) is 5.75 Å². The average Bonchev–Trinajstić information content (AvgIpc) is 2.62. The van der Waals surface area contributed by atoms with Crippen LogP contribution < -0.4 is 14.8 Å². The number of ether oxygens (including phenoxy) is 1. The molecule has 3 N–H and O–H groups in total. The third-order valence-electron chi connectivity index (χ3n) is 6.87. The van der Waals surface area contributed by atoms with Gasteiger partial charge in [0.1, 0.15) is 11.3 Å². The van der Waals surface area contributed by atoms with Gasteiger partial charge in [-0.1, -0.05) is 0 Å². The highest BCUT2D eigenvalue weighted by molar-refractivity contribution is 7.89. The standard InChI is InChI=1S/C21H30N2O5S/c1-20(2,23-29(26,27)17-6-4-16(28-3)5-7-17)19(24)22-18-14-8-13-9-15(18)12-21(25,10-13)11-14/h4-7,13-15,18,23,25H,8-12H2,1-3H3,(H,22,24). The van der Waals surface area contributed by atoms with Gasteiger partial charge in [0.15, 0.2) is 0 Å².